The number of carbonyl (C=O) groups is 1. The maximum absolute atomic E-state index is 12.1. The molecule has 4 nitrogen and oxygen atoms in total. The first-order valence-electron chi connectivity index (χ1n) is 12.8. The Bertz CT molecular complexity index is 957. The molecular formula is C31H38N2O2. The number of carbonyl (C=O) groups excluding carboxylic acids is 1. The van der Waals surface area contributed by atoms with Gasteiger partial charge in [-0.05, 0) is 63.1 Å². The molecule has 0 heterocycles. The molecule has 0 amide bonds. The van der Waals surface area contributed by atoms with E-state index < -0.39 is 11.1 Å². The van der Waals surface area contributed by atoms with E-state index in [1.807, 2.05) is 20.8 Å². The van der Waals surface area contributed by atoms with Crippen LogP contribution >= 0.6 is 0 Å². The van der Waals surface area contributed by atoms with Crippen LogP contribution in [0.1, 0.15) is 63.1 Å². The Hall–Kier alpha value is -2.95. The zero-order valence-corrected chi connectivity index (χ0v) is 21.2. The predicted molar refractivity (Wildman–Crippen MR) is 142 cm³/mol. The molecule has 1 saturated carbocycles. The Morgan fingerprint density at radius 1 is 0.714 bits per heavy atom. The smallest absolute Gasteiger partial charge is 0.320 e. The van der Waals surface area contributed by atoms with E-state index in [9.17, 15) is 4.79 Å². The van der Waals surface area contributed by atoms with Crippen LogP contribution in [-0.2, 0) is 15.1 Å². The van der Waals surface area contributed by atoms with Crippen molar-refractivity contribution < 1.29 is 9.53 Å². The number of hydrogen-bond acceptors (Lipinski definition) is 4. The largest absolute Gasteiger partial charge is 0.459 e. The first kappa shape index (κ1) is 25.2. The van der Waals surface area contributed by atoms with Gasteiger partial charge in [-0.15, -0.1) is 0 Å². The Labute approximate surface area is 210 Å². The summed E-state index contributed by atoms with van der Waals surface area (Å²) in [5.74, 6) is -0.186. The van der Waals surface area contributed by atoms with Crippen molar-refractivity contribution in [2.75, 3.05) is 6.54 Å². The maximum atomic E-state index is 12.1. The molecule has 184 valence electrons. The lowest BCUT2D eigenvalue weighted by Gasteiger charge is -2.42. The second kappa shape index (κ2) is 11.2. The quantitative estimate of drug-likeness (QED) is 0.322. The van der Waals surface area contributed by atoms with Crippen LogP contribution in [0.25, 0.3) is 0 Å². The number of benzene rings is 3. The average Bonchev–Trinajstić information content (AvgIpc) is 2.87. The Morgan fingerprint density at radius 2 is 1.11 bits per heavy atom. The highest BCUT2D eigenvalue weighted by molar-refractivity contribution is 5.72. The fourth-order valence-electron chi connectivity index (χ4n) is 5.17. The van der Waals surface area contributed by atoms with Gasteiger partial charge >= 0.3 is 5.97 Å². The first-order chi connectivity index (χ1) is 16.9. The number of nitrogens with one attached hydrogen (secondary N) is 2. The number of rotatable bonds is 8. The number of ether oxygens (including phenoxy) is 1. The van der Waals surface area contributed by atoms with Crippen molar-refractivity contribution in [3.05, 3.63) is 108 Å². The average molecular weight is 471 g/mol. The molecule has 3 aromatic rings. The second-order valence-corrected chi connectivity index (χ2v) is 10.5. The molecule has 2 N–H and O–H groups in total. The topological polar surface area (TPSA) is 50.4 Å². The monoisotopic (exact) mass is 470 g/mol. The molecule has 0 saturated heterocycles. The second-order valence-electron chi connectivity index (χ2n) is 10.5. The van der Waals surface area contributed by atoms with Gasteiger partial charge in [0.15, 0.2) is 0 Å². The van der Waals surface area contributed by atoms with Crippen LogP contribution in [0.15, 0.2) is 91.0 Å². The van der Waals surface area contributed by atoms with Crippen LogP contribution in [0.5, 0.6) is 0 Å². The Balaban J connectivity index is 1.53. The summed E-state index contributed by atoms with van der Waals surface area (Å²) in [7, 11) is 0. The van der Waals surface area contributed by atoms with Gasteiger partial charge in [-0.25, -0.2) is 0 Å². The molecule has 1 fully saturated rings. The molecule has 1 aliphatic carbocycles. The highest BCUT2D eigenvalue weighted by Gasteiger charge is 2.38. The molecule has 0 aromatic heterocycles. The van der Waals surface area contributed by atoms with Crippen molar-refractivity contribution in [1.29, 1.82) is 0 Å². The third-order valence-electron chi connectivity index (χ3n) is 6.72. The van der Waals surface area contributed by atoms with Crippen molar-refractivity contribution >= 4 is 5.97 Å². The standard InChI is InChI=1S/C31H38N2O2/c1-30(2,3)35-29(34)23-32-27-19-21-28(22-20-27)33-31(24-13-7-4-8-14-24,25-15-9-5-10-16-25)26-17-11-6-12-18-26/h4-18,27-28,32-33H,19-23H2,1-3H3. The van der Waals surface area contributed by atoms with Gasteiger partial charge in [0.05, 0.1) is 12.1 Å². The van der Waals surface area contributed by atoms with E-state index >= 15 is 0 Å². The van der Waals surface area contributed by atoms with Gasteiger partial charge in [0, 0.05) is 12.1 Å². The van der Waals surface area contributed by atoms with E-state index in [0.29, 0.717) is 12.1 Å². The number of hydrogen-bond donors (Lipinski definition) is 2. The third-order valence-corrected chi connectivity index (χ3v) is 6.72. The summed E-state index contributed by atoms with van der Waals surface area (Å²) in [5, 5.41) is 7.54. The van der Waals surface area contributed by atoms with E-state index in [2.05, 4.69) is 102 Å². The molecule has 0 bridgehead atoms. The van der Waals surface area contributed by atoms with E-state index in [1.54, 1.807) is 0 Å². The molecule has 0 unspecified atom stereocenters. The van der Waals surface area contributed by atoms with Crippen LogP contribution in [0.4, 0.5) is 0 Å². The van der Waals surface area contributed by atoms with Crippen LogP contribution in [-0.4, -0.2) is 30.2 Å². The summed E-state index contributed by atoms with van der Waals surface area (Å²) in [6.45, 7) is 5.97. The van der Waals surface area contributed by atoms with Crippen molar-refractivity contribution in [3.8, 4) is 0 Å². The lowest BCUT2D eigenvalue weighted by atomic mass is 9.75. The van der Waals surface area contributed by atoms with E-state index in [0.717, 1.165) is 25.7 Å². The Kier molecular flexibility index (Phi) is 8.04. The summed E-state index contributed by atoms with van der Waals surface area (Å²) in [5.41, 5.74) is 2.83. The molecule has 0 atom stereocenters. The predicted octanol–water partition coefficient (Wildman–Crippen LogP) is 5.81. The van der Waals surface area contributed by atoms with Gasteiger partial charge in [0.1, 0.15) is 5.60 Å². The molecule has 0 radical (unpaired) electrons. The Morgan fingerprint density at radius 3 is 1.51 bits per heavy atom. The van der Waals surface area contributed by atoms with Gasteiger partial charge in [-0.1, -0.05) is 91.0 Å². The molecule has 3 aromatic carbocycles. The molecular weight excluding hydrogens is 432 g/mol. The van der Waals surface area contributed by atoms with E-state index in [4.69, 9.17) is 4.74 Å². The minimum Gasteiger partial charge on any atom is -0.459 e. The fraction of sp³-hybridized carbons (Fsp3) is 0.387. The molecule has 0 spiro atoms. The third kappa shape index (κ3) is 6.39. The summed E-state index contributed by atoms with van der Waals surface area (Å²) < 4.78 is 5.45. The molecule has 35 heavy (non-hydrogen) atoms. The van der Waals surface area contributed by atoms with Crippen LogP contribution in [0.2, 0.25) is 0 Å². The van der Waals surface area contributed by atoms with E-state index in [1.165, 1.54) is 16.7 Å². The minimum absolute atomic E-state index is 0.186. The van der Waals surface area contributed by atoms with Crippen molar-refractivity contribution in [2.45, 2.75) is 69.7 Å². The highest BCUT2D eigenvalue weighted by Crippen LogP contribution is 2.38. The van der Waals surface area contributed by atoms with Crippen LogP contribution in [0, 0.1) is 0 Å². The lowest BCUT2D eigenvalue weighted by Crippen LogP contribution is -2.52. The maximum Gasteiger partial charge on any atom is 0.320 e. The summed E-state index contributed by atoms with van der Waals surface area (Å²) in [6.07, 6.45) is 4.13. The summed E-state index contributed by atoms with van der Waals surface area (Å²) in [6, 6.07) is 33.0. The van der Waals surface area contributed by atoms with Gasteiger partial charge < -0.3 is 10.1 Å². The molecule has 0 aliphatic heterocycles. The molecule has 4 rings (SSSR count). The normalized spacial score (nSPS) is 18.7. The van der Waals surface area contributed by atoms with Crippen molar-refractivity contribution in [1.82, 2.24) is 10.6 Å². The van der Waals surface area contributed by atoms with Crippen LogP contribution in [0.3, 0.4) is 0 Å². The zero-order chi connectivity index (χ0) is 24.7. The van der Waals surface area contributed by atoms with Crippen LogP contribution < -0.4 is 10.6 Å². The minimum atomic E-state index is -0.448. The highest BCUT2D eigenvalue weighted by atomic mass is 16.6. The zero-order valence-electron chi connectivity index (χ0n) is 21.2. The SMILES string of the molecule is CC(C)(C)OC(=O)CNC1CCC(NC(c2ccccc2)(c2ccccc2)c2ccccc2)CC1. The van der Waals surface area contributed by atoms with Gasteiger partial charge in [-0.2, -0.15) is 0 Å². The molecule has 1 aliphatic rings. The first-order valence-corrected chi connectivity index (χ1v) is 12.8. The van der Waals surface area contributed by atoms with Gasteiger partial charge in [0.25, 0.3) is 0 Å². The summed E-state index contributed by atoms with van der Waals surface area (Å²) in [4.78, 5) is 12.1. The fourth-order valence-corrected chi connectivity index (χ4v) is 5.17. The van der Waals surface area contributed by atoms with Gasteiger partial charge in [-0.3, -0.25) is 10.1 Å². The lowest BCUT2D eigenvalue weighted by molar-refractivity contribution is -0.153. The summed E-state index contributed by atoms with van der Waals surface area (Å²) >= 11 is 0. The van der Waals surface area contributed by atoms with Gasteiger partial charge in [0.2, 0.25) is 0 Å². The van der Waals surface area contributed by atoms with E-state index in [-0.39, 0.29) is 12.5 Å². The number of esters is 1. The van der Waals surface area contributed by atoms with Crippen molar-refractivity contribution in [2.24, 2.45) is 0 Å². The van der Waals surface area contributed by atoms with Crippen molar-refractivity contribution in [3.63, 3.8) is 0 Å². The molecule has 4 heteroatoms.